The summed E-state index contributed by atoms with van der Waals surface area (Å²) >= 11 is 0. The Morgan fingerprint density at radius 1 is 1.25 bits per heavy atom. The summed E-state index contributed by atoms with van der Waals surface area (Å²) in [5.74, 6) is -1.14. The van der Waals surface area contributed by atoms with Crippen LogP contribution in [-0.4, -0.2) is 31.0 Å². The normalized spacial score (nSPS) is 12.7. The first-order valence-electron chi connectivity index (χ1n) is 6.93. The monoisotopic (exact) mass is 287 g/mol. The molecule has 1 aromatic rings. The molecule has 20 heavy (non-hydrogen) atoms. The van der Waals surface area contributed by atoms with E-state index in [9.17, 15) is 13.9 Å². The maximum absolute atomic E-state index is 13.0. The first-order chi connectivity index (χ1) is 9.49. The largest absolute Gasteiger partial charge is 0.389 e. The topological polar surface area (TPSA) is 41.5 Å². The van der Waals surface area contributed by atoms with Crippen molar-refractivity contribution in [2.24, 2.45) is 5.92 Å². The van der Waals surface area contributed by atoms with Crippen molar-refractivity contribution in [3.8, 4) is 0 Å². The number of anilines is 1. The van der Waals surface area contributed by atoms with Crippen LogP contribution in [0.15, 0.2) is 18.2 Å². The predicted octanol–water partition coefficient (Wildman–Crippen LogP) is 3.19. The number of ether oxygens (including phenoxy) is 1. The van der Waals surface area contributed by atoms with Gasteiger partial charge in [-0.3, -0.25) is 0 Å². The molecule has 0 radical (unpaired) electrons. The quantitative estimate of drug-likeness (QED) is 0.685. The summed E-state index contributed by atoms with van der Waals surface area (Å²) in [5.41, 5.74) is 0.433. The number of hydrogen-bond donors (Lipinski definition) is 2. The van der Waals surface area contributed by atoms with Gasteiger partial charge in [0.2, 0.25) is 0 Å². The molecule has 0 saturated heterocycles. The highest BCUT2D eigenvalue weighted by molar-refractivity contribution is 5.43. The lowest BCUT2D eigenvalue weighted by Gasteiger charge is -2.13. The maximum Gasteiger partial charge on any atom is 0.160 e. The summed E-state index contributed by atoms with van der Waals surface area (Å²) in [5, 5.41) is 12.5. The third kappa shape index (κ3) is 6.82. The summed E-state index contributed by atoms with van der Waals surface area (Å²) in [7, 11) is 0. The molecule has 1 unspecified atom stereocenters. The lowest BCUT2D eigenvalue weighted by Crippen LogP contribution is -2.25. The van der Waals surface area contributed by atoms with E-state index in [2.05, 4.69) is 19.2 Å². The number of nitrogens with one attached hydrogen (secondary N) is 1. The number of aliphatic hydroxyl groups excluding tert-OH is 1. The number of aliphatic hydroxyl groups is 1. The molecule has 0 fully saturated rings. The Labute approximate surface area is 119 Å². The predicted molar refractivity (Wildman–Crippen MR) is 75.7 cm³/mol. The van der Waals surface area contributed by atoms with Crippen LogP contribution in [0.3, 0.4) is 0 Å². The Kier molecular flexibility index (Phi) is 7.47. The molecule has 114 valence electrons. The van der Waals surface area contributed by atoms with Gasteiger partial charge in [0.15, 0.2) is 11.6 Å². The van der Waals surface area contributed by atoms with Gasteiger partial charge in [0.25, 0.3) is 0 Å². The highest BCUT2D eigenvalue weighted by Crippen LogP contribution is 2.13. The van der Waals surface area contributed by atoms with Crippen molar-refractivity contribution < 1.29 is 18.6 Å². The zero-order valence-corrected chi connectivity index (χ0v) is 12.0. The molecule has 1 aromatic carbocycles. The first kappa shape index (κ1) is 16.9. The second-order valence-electron chi connectivity index (χ2n) is 5.27. The highest BCUT2D eigenvalue weighted by atomic mass is 19.2. The first-order valence-corrected chi connectivity index (χ1v) is 6.93. The van der Waals surface area contributed by atoms with Gasteiger partial charge in [-0.25, -0.2) is 8.78 Å². The van der Waals surface area contributed by atoms with Gasteiger partial charge in [0, 0.05) is 24.9 Å². The van der Waals surface area contributed by atoms with Crippen molar-refractivity contribution in [2.45, 2.75) is 32.8 Å². The Morgan fingerprint density at radius 2 is 2.00 bits per heavy atom. The molecule has 1 rings (SSSR count). The van der Waals surface area contributed by atoms with Gasteiger partial charge in [0.05, 0.1) is 12.7 Å². The van der Waals surface area contributed by atoms with Gasteiger partial charge in [-0.05, 0) is 30.9 Å². The van der Waals surface area contributed by atoms with Crippen LogP contribution in [0, 0.1) is 17.6 Å². The minimum absolute atomic E-state index is 0.231. The van der Waals surface area contributed by atoms with E-state index in [0.717, 1.165) is 25.0 Å². The summed E-state index contributed by atoms with van der Waals surface area (Å²) in [6, 6.07) is 3.53. The van der Waals surface area contributed by atoms with Gasteiger partial charge in [-0.15, -0.1) is 0 Å². The molecule has 0 saturated carbocycles. The molecule has 0 aliphatic rings. The third-order valence-electron chi connectivity index (χ3n) is 2.84. The highest BCUT2D eigenvalue weighted by Gasteiger charge is 2.06. The van der Waals surface area contributed by atoms with E-state index >= 15 is 0 Å². The fourth-order valence-corrected chi connectivity index (χ4v) is 1.71. The van der Waals surface area contributed by atoms with Gasteiger partial charge in [-0.2, -0.15) is 0 Å². The molecule has 0 bridgehead atoms. The molecule has 3 nitrogen and oxygen atoms in total. The molecular formula is C15H23F2NO2. The van der Waals surface area contributed by atoms with E-state index in [4.69, 9.17) is 4.74 Å². The van der Waals surface area contributed by atoms with Crippen LogP contribution in [0.2, 0.25) is 0 Å². The van der Waals surface area contributed by atoms with Gasteiger partial charge in [0.1, 0.15) is 0 Å². The second kappa shape index (κ2) is 8.87. The van der Waals surface area contributed by atoms with E-state index < -0.39 is 17.7 Å². The maximum atomic E-state index is 13.0. The molecule has 5 heteroatoms. The SMILES string of the molecule is CC(C)CCCOCC(O)CNc1ccc(F)c(F)c1. The van der Waals surface area contributed by atoms with Crippen molar-refractivity contribution in [2.75, 3.05) is 25.1 Å². The number of rotatable bonds is 9. The van der Waals surface area contributed by atoms with Gasteiger partial charge < -0.3 is 15.2 Å². The molecule has 0 heterocycles. The summed E-state index contributed by atoms with van der Waals surface area (Å²) in [6.07, 6.45) is 1.40. The van der Waals surface area contributed by atoms with Crippen LogP contribution < -0.4 is 5.32 Å². The fourth-order valence-electron chi connectivity index (χ4n) is 1.71. The van der Waals surface area contributed by atoms with E-state index in [-0.39, 0.29) is 13.2 Å². The Morgan fingerprint density at radius 3 is 2.65 bits per heavy atom. The summed E-state index contributed by atoms with van der Waals surface area (Å²) < 4.78 is 31.0. The van der Waals surface area contributed by atoms with Crippen LogP contribution in [-0.2, 0) is 4.74 Å². The van der Waals surface area contributed by atoms with Gasteiger partial charge in [-0.1, -0.05) is 13.8 Å². The third-order valence-corrected chi connectivity index (χ3v) is 2.84. The number of benzene rings is 1. The average molecular weight is 287 g/mol. The molecule has 0 amide bonds. The molecule has 2 N–H and O–H groups in total. The molecule has 1 atom stereocenters. The molecule has 0 spiro atoms. The van der Waals surface area contributed by atoms with E-state index in [1.54, 1.807) is 0 Å². The minimum atomic E-state index is -0.908. The van der Waals surface area contributed by atoms with Crippen molar-refractivity contribution in [1.82, 2.24) is 0 Å². The number of halogens is 2. The lowest BCUT2D eigenvalue weighted by atomic mass is 10.1. The van der Waals surface area contributed by atoms with Crippen molar-refractivity contribution in [3.63, 3.8) is 0 Å². The van der Waals surface area contributed by atoms with E-state index in [0.29, 0.717) is 18.2 Å². The van der Waals surface area contributed by atoms with E-state index in [1.807, 2.05) is 0 Å². The Bertz CT molecular complexity index is 399. The van der Waals surface area contributed by atoms with Crippen LogP contribution in [0.4, 0.5) is 14.5 Å². The van der Waals surface area contributed by atoms with Crippen molar-refractivity contribution in [3.05, 3.63) is 29.8 Å². The summed E-state index contributed by atoms with van der Waals surface area (Å²) in [4.78, 5) is 0. The molecule has 0 aliphatic carbocycles. The zero-order valence-electron chi connectivity index (χ0n) is 12.0. The van der Waals surface area contributed by atoms with Crippen molar-refractivity contribution in [1.29, 1.82) is 0 Å². The number of hydrogen-bond acceptors (Lipinski definition) is 3. The molecule has 0 aliphatic heterocycles. The average Bonchev–Trinajstić information content (AvgIpc) is 2.39. The van der Waals surface area contributed by atoms with Crippen molar-refractivity contribution >= 4 is 5.69 Å². The van der Waals surface area contributed by atoms with Crippen LogP contribution in [0.25, 0.3) is 0 Å². The van der Waals surface area contributed by atoms with Crippen LogP contribution in [0.1, 0.15) is 26.7 Å². The van der Waals surface area contributed by atoms with Gasteiger partial charge >= 0.3 is 0 Å². The van der Waals surface area contributed by atoms with Crippen LogP contribution in [0.5, 0.6) is 0 Å². The van der Waals surface area contributed by atoms with Crippen LogP contribution >= 0.6 is 0 Å². The fraction of sp³-hybridized carbons (Fsp3) is 0.600. The minimum Gasteiger partial charge on any atom is -0.389 e. The summed E-state index contributed by atoms with van der Waals surface area (Å²) in [6.45, 7) is 5.39. The second-order valence-corrected chi connectivity index (χ2v) is 5.27. The Hall–Kier alpha value is -1.20. The standard InChI is InChI=1S/C15H23F2NO2/c1-11(2)4-3-7-20-10-13(19)9-18-12-5-6-14(16)15(17)8-12/h5-6,8,11,13,18-19H,3-4,7,9-10H2,1-2H3. The lowest BCUT2D eigenvalue weighted by molar-refractivity contribution is 0.0409. The molecular weight excluding hydrogens is 264 g/mol. The molecule has 0 aromatic heterocycles. The smallest absolute Gasteiger partial charge is 0.160 e. The zero-order chi connectivity index (χ0) is 15.0. The van der Waals surface area contributed by atoms with E-state index in [1.165, 1.54) is 6.07 Å². The Balaban J connectivity index is 2.16.